The second-order valence-electron chi connectivity index (χ2n) is 6.34. The van der Waals surface area contributed by atoms with Gasteiger partial charge in [-0.1, -0.05) is 5.16 Å². The van der Waals surface area contributed by atoms with E-state index in [0.717, 1.165) is 11.0 Å². The molecule has 0 aliphatic heterocycles. The zero-order valence-electron chi connectivity index (χ0n) is 14.9. The molecule has 1 amide bonds. The summed E-state index contributed by atoms with van der Waals surface area (Å²) in [5.74, 6) is 0.756. The van der Waals surface area contributed by atoms with Crippen LogP contribution in [0.5, 0.6) is 0 Å². The molecule has 4 rings (SSSR count). The second kappa shape index (κ2) is 5.83. The average molecular weight is 350 g/mol. The van der Waals surface area contributed by atoms with Crippen molar-refractivity contribution >= 4 is 22.6 Å². The Hall–Kier alpha value is -3.42. The number of aryl methyl sites for hydroxylation is 4. The summed E-state index contributed by atoms with van der Waals surface area (Å²) in [6.07, 6.45) is 1.62. The highest BCUT2D eigenvalue weighted by Gasteiger charge is 2.21. The van der Waals surface area contributed by atoms with E-state index in [1.165, 1.54) is 11.1 Å². The Kier molecular flexibility index (Phi) is 3.61. The Bertz CT molecular complexity index is 1080. The molecule has 3 aromatic heterocycles. The van der Waals surface area contributed by atoms with Gasteiger partial charge in [0, 0.05) is 6.20 Å². The van der Waals surface area contributed by atoms with E-state index in [4.69, 9.17) is 4.52 Å². The zero-order chi connectivity index (χ0) is 18.4. The molecule has 132 valence electrons. The van der Waals surface area contributed by atoms with E-state index in [2.05, 4.69) is 43.6 Å². The molecule has 0 saturated carbocycles. The molecule has 1 aromatic carbocycles. The minimum Gasteiger partial charge on any atom is -0.361 e. The van der Waals surface area contributed by atoms with Crippen LogP contribution in [0.15, 0.2) is 22.9 Å². The first kappa shape index (κ1) is 16.1. The number of hydrogen-bond donors (Lipinski definition) is 3. The van der Waals surface area contributed by atoms with Gasteiger partial charge in [-0.15, -0.1) is 0 Å². The van der Waals surface area contributed by atoms with E-state index in [1.807, 2.05) is 13.0 Å². The van der Waals surface area contributed by atoms with Gasteiger partial charge >= 0.3 is 0 Å². The highest BCUT2D eigenvalue weighted by Crippen LogP contribution is 2.27. The first-order valence-corrected chi connectivity index (χ1v) is 8.19. The summed E-state index contributed by atoms with van der Waals surface area (Å²) < 4.78 is 5.06. The van der Waals surface area contributed by atoms with Crippen LogP contribution in [-0.2, 0) is 0 Å². The number of nitrogens with one attached hydrogen (secondary N) is 3. The van der Waals surface area contributed by atoms with E-state index in [9.17, 15) is 4.79 Å². The van der Waals surface area contributed by atoms with Crippen LogP contribution in [0.4, 0.5) is 5.69 Å². The van der Waals surface area contributed by atoms with Crippen molar-refractivity contribution in [1.82, 2.24) is 25.3 Å². The molecular formula is C18H18N6O2. The number of nitrogens with zero attached hydrogens (tertiary/aromatic N) is 3. The summed E-state index contributed by atoms with van der Waals surface area (Å²) in [5.41, 5.74) is 6.17. The highest BCUT2D eigenvalue weighted by atomic mass is 16.5. The molecular weight excluding hydrogens is 332 g/mol. The minimum absolute atomic E-state index is 0.299. The molecule has 0 saturated heterocycles. The summed E-state index contributed by atoms with van der Waals surface area (Å²) in [6.45, 7) is 7.53. The van der Waals surface area contributed by atoms with Gasteiger partial charge in [-0.05, 0) is 51.0 Å². The lowest BCUT2D eigenvalue weighted by Crippen LogP contribution is -2.13. The number of rotatable bonds is 3. The Morgan fingerprint density at radius 2 is 1.92 bits per heavy atom. The predicted octanol–water partition coefficient (Wildman–Crippen LogP) is 3.43. The van der Waals surface area contributed by atoms with E-state index in [0.29, 0.717) is 34.2 Å². The van der Waals surface area contributed by atoms with Crippen LogP contribution in [-0.4, -0.2) is 31.2 Å². The van der Waals surface area contributed by atoms with Crippen molar-refractivity contribution in [2.75, 3.05) is 5.32 Å². The smallest absolute Gasteiger partial charge is 0.261 e. The molecule has 0 spiro atoms. The number of imidazole rings is 1. The predicted molar refractivity (Wildman–Crippen MR) is 97.1 cm³/mol. The largest absolute Gasteiger partial charge is 0.361 e. The zero-order valence-corrected chi connectivity index (χ0v) is 14.9. The molecule has 0 bridgehead atoms. The first-order valence-electron chi connectivity index (χ1n) is 8.19. The van der Waals surface area contributed by atoms with Crippen LogP contribution in [0.2, 0.25) is 0 Å². The van der Waals surface area contributed by atoms with Gasteiger partial charge in [0.1, 0.15) is 11.3 Å². The summed E-state index contributed by atoms with van der Waals surface area (Å²) in [5, 5.41) is 13.7. The topological polar surface area (TPSA) is 112 Å². The number of benzene rings is 1. The Morgan fingerprint density at radius 3 is 2.65 bits per heavy atom. The molecule has 4 aromatic rings. The van der Waals surface area contributed by atoms with Gasteiger partial charge in [0.2, 0.25) is 0 Å². The molecule has 0 fully saturated rings. The van der Waals surface area contributed by atoms with Gasteiger partial charge in [-0.3, -0.25) is 9.89 Å². The van der Waals surface area contributed by atoms with E-state index >= 15 is 0 Å². The fraction of sp³-hybridized carbons (Fsp3) is 0.222. The third-order valence-electron chi connectivity index (χ3n) is 4.47. The van der Waals surface area contributed by atoms with E-state index in [-0.39, 0.29) is 5.91 Å². The van der Waals surface area contributed by atoms with Crippen molar-refractivity contribution in [1.29, 1.82) is 0 Å². The summed E-state index contributed by atoms with van der Waals surface area (Å²) in [4.78, 5) is 20.4. The second-order valence-corrected chi connectivity index (χ2v) is 6.34. The summed E-state index contributed by atoms with van der Waals surface area (Å²) in [6, 6.07) is 4.08. The van der Waals surface area contributed by atoms with Crippen molar-refractivity contribution in [3.63, 3.8) is 0 Å². The van der Waals surface area contributed by atoms with Crippen LogP contribution in [0, 0.1) is 27.7 Å². The molecule has 26 heavy (non-hydrogen) atoms. The molecule has 8 heteroatoms. The number of amides is 1. The van der Waals surface area contributed by atoms with Gasteiger partial charge in [-0.2, -0.15) is 5.10 Å². The van der Waals surface area contributed by atoms with Crippen LogP contribution in [0.1, 0.15) is 32.9 Å². The van der Waals surface area contributed by atoms with Crippen LogP contribution in [0.3, 0.4) is 0 Å². The number of anilines is 1. The molecule has 0 aliphatic carbocycles. The van der Waals surface area contributed by atoms with Crippen molar-refractivity contribution in [3.05, 3.63) is 46.5 Å². The Morgan fingerprint density at radius 1 is 1.15 bits per heavy atom. The number of aromatic nitrogens is 5. The third-order valence-corrected chi connectivity index (χ3v) is 4.47. The third kappa shape index (κ3) is 2.55. The number of carbonyl (C=O) groups is 1. The normalized spacial score (nSPS) is 11.2. The maximum Gasteiger partial charge on any atom is 0.261 e. The monoisotopic (exact) mass is 350 g/mol. The number of H-pyrrole nitrogens is 2. The van der Waals surface area contributed by atoms with Crippen molar-refractivity contribution < 1.29 is 9.32 Å². The first-order chi connectivity index (χ1) is 12.4. The number of hydrogen-bond acceptors (Lipinski definition) is 5. The van der Waals surface area contributed by atoms with E-state index in [1.54, 1.807) is 20.0 Å². The van der Waals surface area contributed by atoms with Crippen LogP contribution < -0.4 is 5.32 Å². The molecule has 0 unspecified atom stereocenters. The SMILES string of the molecule is Cc1cc2nc(-c3n[nH]cc3NC(=O)c3c(C)noc3C)[nH]c2cc1C. The lowest BCUT2D eigenvalue weighted by molar-refractivity contribution is 0.102. The molecule has 0 aliphatic rings. The lowest BCUT2D eigenvalue weighted by atomic mass is 10.1. The molecule has 3 N–H and O–H groups in total. The van der Waals surface area contributed by atoms with Gasteiger partial charge in [0.05, 0.1) is 22.4 Å². The maximum absolute atomic E-state index is 12.6. The fourth-order valence-electron chi connectivity index (χ4n) is 2.94. The standard InChI is InChI=1S/C18H18N6O2/c1-8-5-12-13(6-9(8)2)21-17(20-12)16-14(7-19-23-16)22-18(25)15-10(3)24-26-11(15)4/h5-7H,1-4H3,(H,19,23)(H,20,21)(H,22,25). The van der Waals surface area contributed by atoms with Crippen LogP contribution >= 0.6 is 0 Å². The van der Waals surface area contributed by atoms with E-state index < -0.39 is 0 Å². The quantitative estimate of drug-likeness (QED) is 0.524. The summed E-state index contributed by atoms with van der Waals surface area (Å²) >= 11 is 0. The Balaban J connectivity index is 1.70. The van der Waals surface area contributed by atoms with Crippen molar-refractivity contribution in [3.8, 4) is 11.5 Å². The molecule has 0 atom stereocenters. The van der Waals surface area contributed by atoms with Crippen LogP contribution in [0.25, 0.3) is 22.6 Å². The minimum atomic E-state index is -0.299. The fourth-order valence-corrected chi connectivity index (χ4v) is 2.94. The Labute approximate surface area is 149 Å². The summed E-state index contributed by atoms with van der Waals surface area (Å²) in [7, 11) is 0. The number of fused-ring (bicyclic) bond motifs is 1. The molecule has 8 nitrogen and oxygen atoms in total. The average Bonchev–Trinajstić information content (AvgIpc) is 3.27. The highest BCUT2D eigenvalue weighted by molar-refractivity contribution is 6.07. The van der Waals surface area contributed by atoms with Gasteiger partial charge < -0.3 is 14.8 Å². The van der Waals surface area contributed by atoms with Gasteiger partial charge in [-0.25, -0.2) is 4.98 Å². The maximum atomic E-state index is 12.6. The number of aromatic amines is 2. The van der Waals surface area contributed by atoms with Gasteiger partial charge in [0.15, 0.2) is 11.5 Å². The molecule has 0 radical (unpaired) electrons. The van der Waals surface area contributed by atoms with Gasteiger partial charge in [0.25, 0.3) is 5.91 Å². The van der Waals surface area contributed by atoms with Crippen molar-refractivity contribution in [2.24, 2.45) is 0 Å². The van der Waals surface area contributed by atoms with Crippen molar-refractivity contribution in [2.45, 2.75) is 27.7 Å². The lowest BCUT2D eigenvalue weighted by Gasteiger charge is -2.03. The number of carbonyl (C=O) groups excluding carboxylic acids is 1. The molecule has 3 heterocycles.